The molecule has 1 aliphatic rings. The number of carbonyl (C=O) groups excluding carboxylic acids is 1. The summed E-state index contributed by atoms with van der Waals surface area (Å²) in [5, 5.41) is 9.07. The number of hydrogen-bond acceptors (Lipinski definition) is 3. The summed E-state index contributed by atoms with van der Waals surface area (Å²) >= 11 is 0. The molecule has 0 atom stereocenters. The van der Waals surface area contributed by atoms with E-state index < -0.39 is 6.09 Å². The number of rotatable bonds is 1. The van der Waals surface area contributed by atoms with Crippen molar-refractivity contribution in [1.82, 2.24) is 4.98 Å². The fourth-order valence-corrected chi connectivity index (χ4v) is 2.01. The Labute approximate surface area is 92.7 Å². The van der Waals surface area contributed by atoms with Gasteiger partial charge in [0.15, 0.2) is 6.29 Å². The minimum absolute atomic E-state index is 0.253. The Hall–Kier alpha value is -1.91. The second-order valence-corrected chi connectivity index (χ2v) is 4.50. The molecule has 0 saturated carbocycles. The molecule has 2 heterocycles. The molecule has 1 amide bonds. The summed E-state index contributed by atoms with van der Waals surface area (Å²) in [6, 6.07) is 1.52. The highest BCUT2D eigenvalue weighted by Gasteiger charge is 2.38. The molecule has 0 aliphatic carbocycles. The number of amides is 1. The quantitative estimate of drug-likeness (QED) is 0.731. The van der Waals surface area contributed by atoms with E-state index in [1.807, 2.05) is 13.8 Å². The molecule has 1 N–H and O–H groups in total. The van der Waals surface area contributed by atoms with E-state index in [9.17, 15) is 9.59 Å². The van der Waals surface area contributed by atoms with Crippen molar-refractivity contribution in [3.63, 3.8) is 0 Å². The molecule has 0 spiro atoms. The van der Waals surface area contributed by atoms with Crippen LogP contribution in [0.25, 0.3) is 0 Å². The van der Waals surface area contributed by atoms with Crippen LogP contribution in [0.5, 0.6) is 0 Å². The summed E-state index contributed by atoms with van der Waals surface area (Å²) in [6.07, 6.45) is 1.20. The van der Waals surface area contributed by atoms with Crippen LogP contribution >= 0.6 is 0 Å². The van der Waals surface area contributed by atoms with Crippen LogP contribution < -0.4 is 4.90 Å². The van der Waals surface area contributed by atoms with Gasteiger partial charge in [0, 0.05) is 23.7 Å². The number of fused-ring (bicyclic) bond motifs is 1. The topological polar surface area (TPSA) is 70.5 Å². The zero-order valence-corrected chi connectivity index (χ0v) is 9.10. The molecule has 0 bridgehead atoms. The van der Waals surface area contributed by atoms with Crippen LogP contribution in [0.4, 0.5) is 10.5 Å². The van der Waals surface area contributed by atoms with Crippen molar-refractivity contribution >= 4 is 18.1 Å². The minimum atomic E-state index is -1.00. The van der Waals surface area contributed by atoms with Gasteiger partial charge in [-0.3, -0.25) is 14.7 Å². The molecular formula is C11H12N2O3. The van der Waals surface area contributed by atoms with E-state index in [0.717, 1.165) is 5.56 Å². The summed E-state index contributed by atoms with van der Waals surface area (Å²) in [5.74, 6) is 0. The van der Waals surface area contributed by atoms with Crippen LogP contribution in [-0.4, -0.2) is 29.0 Å². The smallest absolute Gasteiger partial charge is 0.411 e. The number of aromatic nitrogens is 1. The Morgan fingerprint density at radius 1 is 1.62 bits per heavy atom. The number of hydrogen-bond donors (Lipinski definition) is 1. The third kappa shape index (κ3) is 1.44. The Balaban J connectivity index is 2.59. The van der Waals surface area contributed by atoms with Crippen molar-refractivity contribution in [2.24, 2.45) is 0 Å². The first-order chi connectivity index (χ1) is 7.45. The zero-order chi connectivity index (χ0) is 11.9. The number of pyridine rings is 1. The lowest BCUT2D eigenvalue weighted by atomic mass is 9.88. The van der Waals surface area contributed by atoms with Crippen LogP contribution in [0, 0.1) is 0 Å². The maximum atomic E-state index is 11.1. The lowest BCUT2D eigenvalue weighted by molar-refractivity contribution is 0.111. The van der Waals surface area contributed by atoms with E-state index in [4.69, 9.17) is 5.11 Å². The second kappa shape index (κ2) is 3.30. The standard InChI is InChI=1S/C11H12N2O3/c1-11(2)6-13(10(15)16)9-3-7(5-14)12-4-8(9)11/h3-5H,6H2,1-2H3,(H,15,16). The van der Waals surface area contributed by atoms with Gasteiger partial charge in [0.2, 0.25) is 0 Å². The molecule has 1 aromatic rings. The Morgan fingerprint density at radius 3 is 2.88 bits per heavy atom. The molecule has 0 unspecified atom stereocenters. The average molecular weight is 220 g/mol. The van der Waals surface area contributed by atoms with E-state index in [2.05, 4.69) is 4.98 Å². The monoisotopic (exact) mass is 220 g/mol. The Morgan fingerprint density at radius 2 is 2.31 bits per heavy atom. The number of carbonyl (C=O) groups is 2. The molecule has 0 radical (unpaired) electrons. The van der Waals surface area contributed by atoms with E-state index >= 15 is 0 Å². The van der Waals surface area contributed by atoms with Crippen LogP contribution in [0.3, 0.4) is 0 Å². The van der Waals surface area contributed by atoms with Gasteiger partial charge in [0.1, 0.15) is 5.69 Å². The van der Waals surface area contributed by atoms with Crippen LogP contribution in [-0.2, 0) is 5.41 Å². The predicted octanol–water partition coefficient (Wildman–Crippen LogP) is 1.67. The highest BCUT2D eigenvalue weighted by molar-refractivity contribution is 5.91. The molecule has 1 aromatic heterocycles. The number of aldehydes is 1. The second-order valence-electron chi connectivity index (χ2n) is 4.50. The van der Waals surface area contributed by atoms with Gasteiger partial charge in [-0.25, -0.2) is 4.79 Å². The molecule has 16 heavy (non-hydrogen) atoms. The largest absolute Gasteiger partial charge is 0.465 e. The third-order valence-corrected chi connectivity index (χ3v) is 2.83. The molecule has 84 valence electrons. The van der Waals surface area contributed by atoms with Gasteiger partial charge < -0.3 is 5.11 Å². The fraction of sp³-hybridized carbons (Fsp3) is 0.364. The van der Waals surface area contributed by atoms with Crippen molar-refractivity contribution in [3.05, 3.63) is 23.5 Å². The predicted molar refractivity (Wildman–Crippen MR) is 58.0 cm³/mol. The van der Waals surface area contributed by atoms with E-state index in [-0.39, 0.29) is 11.1 Å². The zero-order valence-electron chi connectivity index (χ0n) is 9.10. The Kier molecular flexibility index (Phi) is 2.18. The molecule has 0 fully saturated rings. The molecule has 0 saturated heterocycles. The number of anilines is 1. The normalized spacial score (nSPS) is 17.0. The summed E-state index contributed by atoms with van der Waals surface area (Å²) in [4.78, 5) is 26.9. The van der Waals surface area contributed by atoms with E-state index in [1.54, 1.807) is 6.20 Å². The van der Waals surface area contributed by atoms with Gasteiger partial charge in [-0.05, 0) is 6.07 Å². The van der Waals surface area contributed by atoms with Crippen LogP contribution in [0.1, 0.15) is 29.9 Å². The molecule has 5 heteroatoms. The lowest BCUT2D eigenvalue weighted by Gasteiger charge is -2.17. The molecule has 1 aliphatic heterocycles. The maximum Gasteiger partial charge on any atom is 0.411 e. The molecule has 5 nitrogen and oxygen atoms in total. The van der Waals surface area contributed by atoms with E-state index in [0.29, 0.717) is 18.5 Å². The molecular weight excluding hydrogens is 208 g/mol. The summed E-state index contributed by atoms with van der Waals surface area (Å²) < 4.78 is 0. The van der Waals surface area contributed by atoms with Crippen LogP contribution in [0.15, 0.2) is 12.3 Å². The highest BCUT2D eigenvalue weighted by atomic mass is 16.4. The molecule has 0 aromatic carbocycles. The molecule has 2 rings (SSSR count). The van der Waals surface area contributed by atoms with Gasteiger partial charge in [-0.2, -0.15) is 0 Å². The number of nitrogens with zero attached hydrogens (tertiary/aromatic N) is 2. The summed E-state index contributed by atoms with van der Waals surface area (Å²) in [5.41, 5.74) is 1.42. The maximum absolute atomic E-state index is 11.1. The van der Waals surface area contributed by atoms with Crippen molar-refractivity contribution in [2.45, 2.75) is 19.3 Å². The minimum Gasteiger partial charge on any atom is -0.465 e. The van der Waals surface area contributed by atoms with Crippen molar-refractivity contribution in [1.29, 1.82) is 0 Å². The first-order valence-electron chi connectivity index (χ1n) is 4.92. The highest BCUT2D eigenvalue weighted by Crippen LogP contribution is 2.39. The SMILES string of the molecule is CC1(C)CN(C(=O)O)c2cc(C=O)ncc21. The summed E-state index contributed by atoms with van der Waals surface area (Å²) in [6.45, 7) is 4.30. The first kappa shape index (κ1) is 10.6. The summed E-state index contributed by atoms with van der Waals surface area (Å²) in [7, 11) is 0. The average Bonchev–Trinajstić information content (AvgIpc) is 2.50. The number of carboxylic acid groups (broad SMARTS) is 1. The Bertz CT molecular complexity index is 468. The van der Waals surface area contributed by atoms with Crippen molar-refractivity contribution in [2.75, 3.05) is 11.4 Å². The van der Waals surface area contributed by atoms with Gasteiger partial charge >= 0.3 is 6.09 Å². The van der Waals surface area contributed by atoms with Gasteiger partial charge in [0.05, 0.1) is 5.69 Å². The fourth-order valence-electron chi connectivity index (χ4n) is 2.01. The third-order valence-electron chi connectivity index (χ3n) is 2.83. The van der Waals surface area contributed by atoms with E-state index in [1.165, 1.54) is 11.0 Å². The lowest BCUT2D eigenvalue weighted by Crippen LogP contribution is -2.32. The van der Waals surface area contributed by atoms with Crippen molar-refractivity contribution in [3.8, 4) is 0 Å². The van der Waals surface area contributed by atoms with Gasteiger partial charge in [-0.15, -0.1) is 0 Å². The first-order valence-corrected chi connectivity index (χ1v) is 4.92. The van der Waals surface area contributed by atoms with Gasteiger partial charge in [0.25, 0.3) is 0 Å². The van der Waals surface area contributed by atoms with Crippen molar-refractivity contribution < 1.29 is 14.7 Å². The van der Waals surface area contributed by atoms with Crippen LogP contribution in [0.2, 0.25) is 0 Å². The van der Waals surface area contributed by atoms with Gasteiger partial charge in [-0.1, -0.05) is 13.8 Å².